The first kappa shape index (κ1) is 14.6. The topological polar surface area (TPSA) is 78.9 Å². The number of aromatic nitrogens is 2. The van der Waals surface area contributed by atoms with E-state index >= 15 is 0 Å². The van der Waals surface area contributed by atoms with Crippen LogP contribution in [-0.4, -0.2) is 35.0 Å². The second-order valence-corrected chi connectivity index (χ2v) is 4.95. The Hall–Kier alpha value is -1.85. The van der Waals surface area contributed by atoms with E-state index in [2.05, 4.69) is 32.8 Å². The number of nitrogens with zero attached hydrogens (tertiary/aromatic N) is 2. The molecule has 1 saturated carbocycles. The van der Waals surface area contributed by atoms with Crippen molar-refractivity contribution in [1.29, 1.82) is 0 Å². The molecule has 1 fully saturated rings. The molecule has 0 bridgehead atoms. The van der Waals surface area contributed by atoms with Crippen molar-refractivity contribution in [3.63, 3.8) is 0 Å². The molecule has 6 nitrogen and oxygen atoms in total. The zero-order valence-electron chi connectivity index (χ0n) is 12.2. The lowest BCUT2D eigenvalue weighted by Gasteiger charge is -2.13. The fraction of sp³-hybridized carbons (Fsp3) is 0.643. The number of rotatable bonds is 8. The quantitative estimate of drug-likeness (QED) is 0.672. The van der Waals surface area contributed by atoms with Crippen LogP contribution in [0.2, 0.25) is 0 Å². The summed E-state index contributed by atoms with van der Waals surface area (Å²) in [7, 11) is 0. The van der Waals surface area contributed by atoms with Gasteiger partial charge >= 0.3 is 0 Å². The van der Waals surface area contributed by atoms with Crippen LogP contribution in [0.25, 0.3) is 0 Å². The highest BCUT2D eigenvalue weighted by atomic mass is 16.1. The van der Waals surface area contributed by atoms with Crippen molar-refractivity contribution >= 4 is 17.5 Å². The normalized spacial score (nSPS) is 13.9. The van der Waals surface area contributed by atoms with Crippen LogP contribution >= 0.6 is 0 Å². The van der Waals surface area contributed by atoms with Gasteiger partial charge in [0.05, 0.1) is 0 Å². The summed E-state index contributed by atoms with van der Waals surface area (Å²) in [5.74, 6) is 1.80. The van der Waals surface area contributed by atoms with Gasteiger partial charge in [-0.25, -0.2) is 9.97 Å². The van der Waals surface area contributed by atoms with Crippen molar-refractivity contribution in [2.75, 3.05) is 23.7 Å². The van der Waals surface area contributed by atoms with Crippen molar-refractivity contribution in [3.05, 3.63) is 11.9 Å². The van der Waals surface area contributed by atoms with Crippen LogP contribution in [0.4, 0.5) is 11.6 Å². The minimum atomic E-state index is 0.110. The number of hydrogen-bond acceptors (Lipinski definition) is 5. The number of amides is 1. The van der Waals surface area contributed by atoms with Gasteiger partial charge in [0, 0.05) is 31.1 Å². The van der Waals surface area contributed by atoms with Crippen molar-refractivity contribution in [2.45, 2.75) is 45.6 Å². The van der Waals surface area contributed by atoms with Crippen molar-refractivity contribution in [2.24, 2.45) is 0 Å². The lowest BCUT2D eigenvalue weighted by atomic mass is 10.2. The highest BCUT2D eigenvalue weighted by molar-refractivity contribution is 5.77. The Labute approximate surface area is 119 Å². The first-order valence-electron chi connectivity index (χ1n) is 7.35. The standard InChI is InChI=1S/C14H23N5O/c1-3-11-13(15-4-2)17-9-18-14(11)16-8-7-12(20)19-10-5-6-10/h9-10H,3-8H2,1-2H3,(H,19,20)(H2,15,16,17,18). The number of nitrogens with one attached hydrogen (secondary N) is 3. The van der Waals surface area contributed by atoms with Crippen LogP contribution in [0, 0.1) is 0 Å². The molecule has 0 unspecified atom stereocenters. The summed E-state index contributed by atoms with van der Waals surface area (Å²) in [5.41, 5.74) is 1.07. The minimum Gasteiger partial charge on any atom is -0.370 e. The third kappa shape index (κ3) is 4.08. The molecule has 0 aromatic carbocycles. The predicted octanol–water partition coefficient (Wildman–Crippen LogP) is 1.55. The molecule has 0 aliphatic heterocycles. The molecule has 0 spiro atoms. The Kier molecular flexibility index (Phi) is 5.15. The monoisotopic (exact) mass is 277 g/mol. The molecular weight excluding hydrogens is 254 g/mol. The molecular formula is C14H23N5O. The molecule has 2 rings (SSSR count). The van der Waals surface area contributed by atoms with Gasteiger partial charge in [-0.3, -0.25) is 4.79 Å². The number of hydrogen-bond donors (Lipinski definition) is 3. The first-order valence-corrected chi connectivity index (χ1v) is 7.35. The van der Waals surface area contributed by atoms with Gasteiger partial charge in [-0.1, -0.05) is 6.92 Å². The van der Waals surface area contributed by atoms with Crippen LogP contribution in [0.3, 0.4) is 0 Å². The lowest BCUT2D eigenvalue weighted by Crippen LogP contribution is -2.27. The van der Waals surface area contributed by atoms with Gasteiger partial charge < -0.3 is 16.0 Å². The maximum absolute atomic E-state index is 11.6. The molecule has 1 aromatic rings. The molecule has 1 aliphatic rings. The van der Waals surface area contributed by atoms with Crippen molar-refractivity contribution in [1.82, 2.24) is 15.3 Å². The fourth-order valence-electron chi connectivity index (χ4n) is 2.04. The Morgan fingerprint density at radius 3 is 2.55 bits per heavy atom. The second kappa shape index (κ2) is 7.07. The number of carbonyl (C=O) groups is 1. The van der Waals surface area contributed by atoms with E-state index in [1.165, 1.54) is 0 Å². The Balaban J connectivity index is 1.87. The lowest BCUT2D eigenvalue weighted by molar-refractivity contribution is -0.120. The number of anilines is 2. The molecule has 0 saturated heterocycles. The van der Waals surface area contributed by atoms with Gasteiger partial charge in [0.25, 0.3) is 0 Å². The molecule has 0 atom stereocenters. The molecule has 3 N–H and O–H groups in total. The first-order chi connectivity index (χ1) is 9.74. The van der Waals surface area contributed by atoms with E-state index in [9.17, 15) is 4.79 Å². The summed E-state index contributed by atoms with van der Waals surface area (Å²) in [4.78, 5) is 20.1. The molecule has 6 heteroatoms. The molecule has 1 aliphatic carbocycles. The van der Waals surface area contributed by atoms with Crippen LogP contribution in [0.5, 0.6) is 0 Å². The van der Waals surface area contributed by atoms with Crippen molar-refractivity contribution < 1.29 is 4.79 Å². The summed E-state index contributed by atoms with van der Waals surface area (Å²) < 4.78 is 0. The molecule has 1 amide bonds. The SMILES string of the molecule is CCNc1ncnc(NCCC(=O)NC2CC2)c1CC. The molecule has 1 heterocycles. The van der Waals surface area contributed by atoms with Gasteiger partial charge in [-0.15, -0.1) is 0 Å². The van der Waals surface area contributed by atoms with Gasteiger partial charge in [-0.05, 0) is 26.2 Å². The van der Waals surface area contributed by atoms with Gasteiger partial charge in [0.2, 0.25) is 5.91 Å². The van der Waals surface area contributed by atoms with E-state index in [4.69, 9.17) is 0 Å². The Morgan fingerprint density at radius 2 is 1.95 bits per heavy atom. The van der Waals surface area contributed by atoms with E-state index in [0.29, 0.717) is 19.0 Å². The molecule has 110 valence electrons. The van der Waals surface area contributed by atoms with Gasteiger partial charge in [0.15, 0.2) is 0 Å². The van der Waals surface area contributed by atoms with Gasteiger partial charge in [0.1, 0.15) is 18.0 Å². The molecule has 0 radical (unpaired) electrons. The highest BCUT2D eigenvalue weighted by Gasteiger charge is 2.22. The minimum absolute atomic E-state index is 0.110. The van der Waals surface area contributed by atoms with Crippen LogP contribution in [0.1, 0.15) is 38.7 Å². The molecule has 1 aromatic heterocycles. The summed E-state index contributed by atoms with van der Waals surface area (Å²) in [5, 5.41) is 9.44. The fourth-order valence-corrected chi connectivity index (χ4v) is 2.04. The number of carbonyl (C=O) groups excluding carboxylic acids is 1. The van der Waals surface area contributed by atoms with E-state index in [-0.39, 0.29) is 5.91 Å². The second-order valence-electron chi connectivity index (χ2n) is 4.95. The van der Waals surface area contributed by atoms with Crippen LogP contribution in [0.15, 0.2) is 6.33 Å². The Morgan fingerprint density at radius 1 is 1.25 bits per heavy atom. The Bertz CT molecular complexity index is 459. The summed E-state index contributed by atoms with van der Waals surface area (Å²) >= 11 is 0. The van der Waals surface area contributed by atoms with E-state index in [0.717, 1.165) is 43.0 Å². The largest absolute Gasteiger partial charge is 0.370 e. The maximum Gasteiger partial charge on any atom is 0.221 e. The van der Waals surface area contributed by atoms with Crippen molar-refractivity contribution in [3.8, 4) is 0 Å². The zero-order valence-corrected chi connectivity index (χ0v) is 12.2. The average Bonchev–Trinajstić information content (AvgIpc) is 3.23. The third-order valence-corrected chi connectivity index (χ3v) is 3.23. The van der Waals surface area contributed by atoms with E-state index < -0.39 is 0 Å². The van der Waals surface area contributed by atoms with E-state index in [1.807, 2.05) is 6.92 Å². The van der Waals surface area contributed by atoms with Crippen LogP contribution < -0.4 is 16.0 Å². The summed E-state index contributed by atoms with van der Waals surface area (Å²) in [6, 6.07) is 0.424. The summed E-state index contributed by atoms with van der Waals surface area (Å²) in [6.07, 6.45) is 5.11. The third-order valence-electron chi connectivity index (χ3n) is 3.23. The van der Waals surface area contributed by atoms with Gasteiger partial charge in [-0.2, -0.15) is 0 Å². The summed E-state index contributed by atoms with van der Waals surface area (Å²) in [6.45, 7) is 5.53. The smallest absolute Gasteiger partial charge is 0.221 e. The predicted molar refractivity (Wildman–Crippen MR) is 79.8 cm³/mol. The molecule has 20 heavy (non-hydrogen) atoms. The maximum atomic E-state index is 11.6. The average molecular weight is 277 g/mol. The zero-order chi connectivity index (χ0) is 14.4. The highest BCUT2D eigenvalue weighted by Crippen LogP contribution is 2.20. The van der Waals surface area contributed by atoms with Crippen LogP contribution in [-0.2, 0) is 11.2 Å². The van der Waals surface area contributed by atoms with E-state index in [1.54, 1.807) is 6.33 Å².